The SMILES string of the molecule is CN1C(=O)c2ccc(C(=O)Nc3ccc(F)cc3Br)cc2C1=O. The predicted molar refractivity (Wildman–Crippen MR) is 84.9 cm³/mol. The fraction of sp³-hybridized carbons (Fsp3) is 0.0625. The Labute approximate surface area is 139 Å². The van der Waals surface area contributed by atoms with Gasteiger partial charge in [0.05, 0.1) is 16.8 Å². The molecule has 0 atom stereocenters. The van der Waals surface area contributed by atoms with E-state index in [-0.39, 0.29) is 16.7 Å². The molecule has 1 aliphatic rings. The first-order chi connectivity index (χ1) is 10.9. The van der Waals surface area contributed by atoms with Gasteiger partial charge in [0, 0.05) is 17.1 Å². The van der Waals surface area contributed by atoms with Crippen molar-refractivity contribution in [2.75, 3.05) is 12.4 Å². The molecule has 116 valence electrons. The Morgan fingerprint density at radius 2 is 1.78 bits per heavy atom. The van der Waals surface area contributed by atoms with Crippen LogP contribution in [0.15, 0.2) is 40.9 Å². The van der Waals surface area contributed by atoms with Gasteiger partial charge in [-0.1, -0.05) is 0 Å². The van der Waals surface area contributed by atoms with Gasteiger partial charge in [-0.3, -0.25) is 19.3 Å². The number of hydrogen-bond acceptors (Lipinski definition) is 3. The van der Waals surface area contributed by atoms with Gasteiger partial charge in [-0.05, 0) is 52.3 Å². The number of nitrogens with one attached hydrogen (secondary N) is 1. The molecule has 1 N–H and O–H groups in total. The van der Waals surface area contributed by atoms with Crippen molar-refractivity contribution >= 4 is 39.3 Å². The third-order valence-corrected chi connectivity index (χ3v) is 4.19. The maximum atomic E-state index is 13.1. The van der Waals surface area contributed by atoms with E-state index in [0.717, 1.165) is 4.90 Å². The molecule has 0 saturated carbocycles. The van der Waals surface area contributed by atoms with Gasteiger partial charge in [0.1, 0.15) is 5.82 Å². The normalized spacial score (nSPS) is 13.3. The number of carbonyl (C=O) groups excluding carboxylic acids is 3. The number of imide groups is 1. The lowest BCUT2D eigenvalue weighted by Crippen LogP contribution is -2.24. The van der Waals surface area contributed by atoms with Gasteiger partial charge in [-0.15, -0.1) is 0 Å². The van der Waals surface area contributed by atoms with Gasteiger partial charge in [0.2, 0.25) is 0 Å². The first kappa shape index (κ1) is 15.4. The smallest absolute Gasteiger partial charge is 0.261 e. The Bertz CT molecular complexity index is 866. The summed E-state index contributed by atoms with van der Waals surface area (Å²) in [5, 5.41) is 2.62. The Kier molecular flexibility index (Phi) is 3.73. The van der Waals surface area contributed by atoms with E-state index >= 15 is 0 Å². The number of rotatable bonds is 2. The molecule has 0 radical (unpaired) electrons. The summed E-state index contributed by atoms with van der Waals surface area (Å²) in [4.78, 5) is 37.1. The second-order valence-electron chi connectivity index (χ2n) is 5.01. The molecule has 1 aliphatic heterocycles. The summed E-state index contributed by atoms with van der Waals surface area (Å²) in [5.74, 6) is -1.73. The Morgan fingerprint density at radius 1 is 1.09 bits per heavy atom. The fourth-order valence-corrected chi connectivity index (χ4v) is 2.74. The highest BCUT2D eigenvalue weighted by atomic mass is 79.9. The molecule has 0 spiro atoms. The van der Waals surface area contributed by atoms with Crippen LogP contribution in [-0.4, -0.2) is 29.7 Å². The lowest BCUT2D eigenvalue weighted by atomic mass is 10.1. The van der Waals surface area contributed by atoms with Crippen molar-refractivity contribution in [2.24, 2.45) is 0 Å². The zero-order chi connectivity index (χ0) is 16.7. The molecule has 0 aromatic heterocycles. The van der Waals surface area contributed by atoms with Gasteiger partial charge in [0.15, 0.2) is 0 Å². The highest BCUT2D eigenvalue weighted by Crippen LogP contribution is 2.25. The lowest BCUT2D eigenvalue weighted by Gasteiger charge is -2.08. The molecular formula is C16H10BrFN2O3. The summed E-state index contributed by atoms with van der Waals surface area (Å²) in [6.07, 6.45) is 0. The van der Waals surface area contributed by atoms with Gasteiger partial charge in [0.25, 0.3) is 17.7 Å². The van der Waals surface area contributed by atoms with Crippen LogP contribution in [0, 0.1) is 5.82 Å². The van der Waals surface area contributed by atoms with E-state index in [1.54, 1.807) is 0 Å². The number of anilines is 1. The molecule has 2 aromatic carbocycles. The molecule has 0 saturated heterocycles. The Balaban J connectivity index is 1.90. The van der Waals surface area contributed by atoms with Crippen LogP contribution in [0.4, 0.5) is 10.1 Å². The quantitative estimate of drug-likeness (QED) is 0.819. The molecule has 7 heteroatoms. The predicted octanol–water partition coefficient (Wildman–Crippen LogP) is 3.07. The van der Waals surface area contributed by atoms with Crippen LogP contribution in [0.1, 0.15) is 31.1 Å². The molecule has 3 rings (SSSR count). The third kappa shape index (κ3) is 2.63. The molecular weight excluding hydrogens is 367 g/mol. The minimum absolute atomic E-state index is 0.198. The van der Waals surface area contributed by atoms with Gasteiger partial charge in [-0.2, -0.15) is 0 Å². The van der Waals surface area contributed by atoms with E-state index in [9.17, 15) is 18.8 Å². The summed E-state index contributed by atoms with van der Waals surface area (Å²) >= 11 is 3.16. The topological polar surface area (TPSA) is 66.5 Å². The summed E-state index contributed by atoms with van der Waals surface area (Å²) < 4.78 is 13.5. The average Bonchev–Trinajstić information content (AvgIpc) is 2.74. The van der Waals surface area contributed by atoms with Gasteiger partial charge >= 0.3 is 0 Å². The van der Waals surface area contributed by atoms with Crippen LogP contribution in [0.25, 0.3) is 0 Å². The van der Waals surface area contributed by atoms with Crippen LogP contribution >= 0.6 is 15.9 Å². The van der Waals surface area contributed by atoms with Crippen molar-refractivity contribution in [3.63, 3.8) is 0 Å². The summed E-state index contributed by atoms with van der Waals surface area (Å²) in [6.45, 7) is 0. The number of nitrogens with zero attached hydrogens (tertiary/aromatic N) is 1. The van der Waals surface area contributed by atoms with Crippen molar-refractivity contribution < 1.29 is 18.8 Å². The Hall–Kier alpha value is -2.54. The number of amides is 3. The molecule has 0 fully saturated rings. The largest absolute Gasteiger partial charge is 0.321 e. The van der Waals surface area contributed by atoms with Crippen molar-refractivity contribution in [3.8, 4) is 0 Å². The second-order valence-corrected chi connectivity index (χ2v) is 5.86. The summed E-state index contributed by atoms with van der Waals surface area (Å²) in [6, 6.07) is 8.18. The van der Waals surface area contributed by atoms with Crippen molar-refractivity contribution in [1.29, 1.82) is 0 Å². The van der Waals surface area contributed by atoms with Crippen LogP contribution < -0.4 is 5.32 Å². The van der Waals surface area contributed by atoms with E-state index in [1.807, 2.05) is 0 Å². The molecule has 0 bridgehead atoms. The summed E-state index contributed by atoms with van der Waals surface area (Å²) in [7, 11) is 1.39. The maximum Gasteiger partial charge on any atom is 0.261 e. The first-order valence-corrected chi connectivity index (χ1v) is 7.40. The molecule has 0 aliphatic carbocycles. The van der Waals surface area contributed by atoms with Crippen molar-refractivity contribution in [1.82, 2.24) is 4.90 Å². The van der Waals surface area contributed by atoms with E-state index < -0.39 is 23.5 Å². The van der Waals surface area contributed by atoms with Gasteiger partial charge in [-0.25, -0.2) is 4.39 Å². The van der Waals surface area contributed by atoms with Crippen molar-refractivity contribution in [2.45, 2.75) is 0 Å². The Morgan fingerprint density at radius 3 is 2.48 bits per heavy atom. The van der Waals surface area contributed by atoms with E-state index in [2.05, 4.69) is 21.2 Å². The summed E-state index contributed by atoms with van der Waals surface area (Å²) in [5.41, 5.74) is 1.10. The monoisotopic (exact) mass is 376 g/mol. The lowest BCUT2D eigenvalue weighted by molar-refractivity contribution is 0.0693. The molecule has 5 nitrogen and oxygen atoms in total. The minimum Gasteiger partial charge on any atom is -0.321 e. The molecule has 2 aromatic rings. The van der Waals surface area contributed by atoms with E-state index in [1.165, 1.54) is 43.4 Å². The number of carbonyl (C=O) groups is 3. The zero-order valence-electron chi connectivity index (χ0n) is 11.9. The van der Waals surface area contributed by atoms with Crippen LogP contribution in [-0.2, 0) is 0 Å². The van der Waals surface area contributed by atoms with Crippen LogP contribution in [0.2, 0.25) is 0 Å². The zero-order valence-corrected chi connectivity index (χ0v) is 13.5. The fourth-order valence-electron chi connectivity index (χ4n) is 2.29. The molecule has 1 heterocycles. The highest BCUT2D eigenvalue weighted by Gasteiger charge is 2.33. The second kappa shape index (κ2) is 5.58. The van der Waals surface area contributed by atoms with E-state index in [0.29, 0.717) is 10.2 Å². The molecule has 3 amide bonds. The number of hydrogen-bond donors (Lipinski definition) is 1. The van der Waals surface area contributed by atoms with Crippen LogP contribution in [0.3, 0.4) is 0 Å². The average molecular weight is 377 g/mol. The van der Waals surface area contributed by atoms with Crippen LogP contribution in [0.5, 0.6) is 0 Å². The van der Waals surface area contributed by atoms with E-state index in [4.69, 9.17) is 0 Å². The maximum absolute atomic E-state index is 13.1. The minimum atomic E-state index is -0.463. The number of halogens is 2. The van der Waals surface area contributed by atoms with Gasteiger partial charge < -0.3 is 5.32 Å². The number of benzene rings is 2. The highest BCUT2D eigenvalue weighted by molar-refractivity contribution is 9.10. The molecule has 0 unspecified atom stereocenters. The third-order valence-electron chi connectivity index (χ3n) is 3.53. The number of fused-ring (bicyclic) bond motifs is 1. The first-order valence-electron chi connectivity index (χ1n) is 6.61. The van der Waals surface area contributed by atoms with Crippen molar-refractivity contribution in [3.05, 3.63) is 63.4 Å². The molecule has 23 heavy (non-hydrogen) atoms. The standard InChI is InChI=1S/C16H10BrFN2O3/c1-20-15(22)10-4-2-8(6-11(10)16(20)23)14(21)19-13-5-3-9(18)7-12(13)17/h2-7H,1H3,(H,19,21).